The molecule has 53 heavy (non-hydrogen) atoms. The van der Waals surface area contributed by atoms with E-state index in [4.69, 9.17) is 8.83 Å². The average Bonchev–Trinajstić information content (AvgIpc) is 3.84. The van der Waals surface area contributed by atoms with Crippen molar-refractivity contribution >= 4 is 76.2 Å². The van der Waals surface area contributed by atoms with Crippen LogP contribution < -0.4 is 0 Å². The maximum absolute atomic E-state index is 6.76. The van der Waals surface area contributed by atoms with Crippen LogP contribution in [0.1, 0.15) is 25.0 Å². The van der Waals surface area contributed by atoms with Gasteiger partial charge in [-0.05, 0) is 108 Å². The quantitative estimate of drug-likeness (QED) is 0.170. The van der Waals surface area contributed by atoms with E-state index >= 15 is 0 Å². The summed E-state index contributed by atoms with van der Waals surface area (Å²) in [6.07, 6.45) is 0. The van der Waals surface area contributed by atoms with Crippen LogP contribution in [0.5, 0.6) is 0 Å². The molecule has 0 unspecified atom stereocenters. The Balaban J connectivity index is 1.25. The predicted molar refractivity (Wildman–Crippen MR) is 222 cm³/mol. The predicted octanol–water partition coefficient (Wildman–Crippen LogP) is 14.6. The number of fused-ring (bicyclic) bond motifs is 14. The highest BCUT2D eigenvalue weighted by atomic mass is 16.3. The van der Waals surface area contributed by atoms with Gasteiger partial charge in [0.05, 0.1) is 0 Å². The Kier molecular flexibility index (Phi) is 5.60. The number of furan rings is 2. The van der Waals surface area contributed by atoms with Gasteiger partial charge in [0.15, 0.2) is 0 Å². The smallest absolute Gasteiger partial charge is 0.143 e. The van der Waals surface area contributed by atoms with Gasteiger partial charge in [-0.15, -0.1) is 0 Å². The van der Waals surface area contributed by atoms with E-state index in [1.54, 1.807) is 0 Å². The van der Waals surface area contributed by atoms with Crippen molar-refractivity contribution in [1.29, 1.82) is 0 Å². The minimum Gasteiger partial charge on any atom is -0.456 e. The molecule has 0 fully saturated rings. The third-order valence-corrected chi connectivity index (χ3v) is 12.0. The second kappa shape index (κ2) is 10.2. The van der Waals surface area contributed by atoms with Gasteiger partial charge in [0.2, 0.25) is 0 Å². The van der Waals surface area contributed by atoms with Crippen LogP contribution in [0, 0.1) is 0 Å². The van der Waals surface area contributed by atoms with Crippen molar-refractivity contribution in [2.24, 2.45) is 0 Å². The Labute approximate surface area is 305 Å². The van der Waals surface area contributed by atoms with Gasteiger partial charge in [0.1, 0.15) is 22.3 Å². The highest BCUT2D eigenvalue weighted by Crippen LogP contribution is 2.57. The van der Waals surface area contributed by atoms with Crippen molar-refractivity contribution in [3.8, 4) is 33.4 Å². The van der Waals surface area contributed by atoms with E-state index in [1.807, 2.05) is 6.07 Å². The molecule has 9 aromatic carbocycles. The largest absolute Gasteiger partial charge is 0.456 e. The molecule has 0 saturated carbocycles. The SMILES string of the molecule is CC1(C)c2ccccc2-c2c1c(-c1c3ccccc3c(-c3ccc4oc5ccccc5c4c3)c3ccccc13)cc1c2ccc2c3ccccc3oc12. The number of rotatable bonds is 2. The van der Waals surface area contributed by atoms with Crippen LogP contribution >= 0.6 is 0 Å². The fourth-order valence-corrected chi connectivity index (χ4v) is 9.77. The van der Waals surface area contributed by atoms with Crippen molar-refractivity contribution in [3.63, 3.8) is 0 Å². The summed E-state index contributed by atoms with van der Waals surface area (Å²) in [5.41, 5.74) is 13.8. The monoisotopic (exact) mass is 676 g/mol. The molecule has 11 aromatic rings. The van der Waals surface area contributed by atoms with Gasteiger partial charge < -0.3 is 8.83 Å². The summed E-state index contributed by atoms with van der Waals surface area (Å²) >= 11 is 0. The lowest BCUT2D eigenvalue weighted by Crippen LogP contribution is -2.16. The van der Waals surface area contributed by atoms with Crippen molar-refractivity contribution in [3.05, 3.63) is 169 Å². The van der Waals surface area contributed by atoms with Crippen LogP contribution in [0.25, 0.3) is 110 Å². The average molecular weight is 677 g/mol. The van der Waals surface area contributed by atoms with E-state index in [9.17, 15) is 0 Å². The third kappa shape index (κ3) is 3.77. The molecule has 1 aliphatic carbocycles. The lowest BCUT2D eigenvalue weighted by Gasteiger charge is -2.27. The van der Waals surface area contributed by atoms with Crippen LogP contribution in [0.3, 0.4) is 0 Å². The molecule has 0 N–H and O–H groups in total. The zero-order valence-electron chi connectivity index (χ0n) is 29.3. The zero-order valence-corrected chi connectivity index (χ0v) is 29.3. The second-order valence-electron chi connectivity index (χ2n) is 15.1. The number of hydrogen-bond donors (Lipinski definition) is 0. The number of para-hydroxylation sites is 2. The Morgan fingerprint density at radius 2 is 0.887 bits per heavy atom. The molecule has 12 rings (SSSR count). The second-order valence-corrected chi connectivity index (χ2v) is 15.1. The topological polar surface area (TPSA) is 26.3 Å². The van der Waals surface area contributed by atoms with Gasteiger partial charge in [0.25, 0.3) is 0 Å². The maximum atomic E-state index is 6.76. The molecular formula is C51H32O2. The van der Waals surface area contributed by atoms with Gasteiger partial charge in [-0.2, -0.15) is 0 Å². The summed E-state index contributed by atoms with van der Waals surface area (Å²) in [4.78, 5) is 0. The Morgan fingerprint density at radius 1 is 0.358 bits per heavy atom. The zero-order chi connectivity index (χ0) is 35.0. The molecule has 248 valence electrons. The van der Waals surface area contributed by atoms with Crippen LogP contribution in [-0.4, -0.2) is 0 Å². The highest BCUT2D eigenvalue weighted by molar-refractivity contribution is 6.26. The normalized spacial score (nSPS) is 13.6. The molecule has 2 heteroatoms. The van der Waals surface area contributed by atoms with Crippen LogP contribution in [0.15, 0.2) is 167 Å². The van der Waals surface area contributed by atoms with Crippen LogP contribution in [0.2, 0.25) is 0 Å². The molecule has 0 atom stereocenters. The van der Waals surface area contributed by atoms with E-state index in [0.29, 0.717) is 0 Å². The molecule has 2 heterocycles. The highest BCUT2D eigenvalue weighted by Gasteiger charge is 2.40. The molecule has 2 nitrogen and oxygen atoms in total. The molecule has 1 aliphatic rings. The summed E-state index contributed by atoms with van der Waals surface area (Å²) in [5, 5.41) is 11.9. The summed E-state index contributed by atoms with van der Waals surface area (Å²) in [5.74, 6) is 0. The summed E-state index contributed by atoms with van der Waals surface area (Å²) < 4.78 is 13.0. The van der Waals surface area contributed by atoms with Gasteiger partial charge in [-0.1, -0.05) is 135 Å². The van der Waals surface area contributed by atoms with E-state index in [0.717, 1.165) is 49.3 Å². The Morgan fingerprint density at radius 3 is 1.60 bits per heavy atom. The fraction of sp³-hybridized carbons (Fsp3) is 0.0588. The minimum atomic E-state index is -0.230. The van der Waals surface area contributed by atoms with Crippen molar-refractivity contribution in [2.75, 3.05) is 0 Å². The molecule has 2 aromatic heterocycles. The molecule has 0 spiro atoms. The third-order valence-electron chi connectivity index (χ3n) is 12.0. The van der Waals surface area contributed by atoms with Crippen molar-refractivity contribution < 1.29 is 8.83 Å². The first kappa shape index (κ1) is 29.0. The number of benzene rings is 9. The van der Waals surface area contributed by atoms with Gasteiger partial charge >= 0.3 is 0 Å². The summed E-state index contributed by atoms with van der Waals surface area (Å²) in [6.45, 7) is 4.80. The summed E-state index contributed by atoms with van der Waals surface area (Å²) in [7, 11) is 0. The lowest BCUT2D eigenvalue weighted by atomic mass is 9.76. The summed E-state index contributed by atoms with van der Waals surface area (Å²) in [6, 6.07) is 57.4. The van der Waals surface area contributed by atoms with Crippen molar-refractivity contribution in [1.82, 2.24) is 0 Å². The number of hydrogen-bond acceptors (Lipinski definition) is 2. The first-order valence-corrected chi connectivity index (χ1v) is 18.4. The van der Waals surface area contributed by atoms with Crippen LogP contribution in [-0.2, 0) is 5.41 Å². The maximum Gasteiger partial charge on any atom is 0.143 e. The van der Waals surface area contributed by atoms with Crippen LogP contribution in [0.4, 0.5) is 0 Å². The molecule has 0 bridgehead atoms. The Bertz CT molecular complexity index is 3310. The fourth-order valence-electron chi connectivity index (χ4n) is 9.77. The van der Waals surface area contributed by atoms with E-state index in [1.165, 1.54) is 71.4 Å². The van der Waals surface area contributed by atoms with Gasteiger partial charge in [-0.3, -0.25) is 0 Å². The molecule has 0 aliphatic heterocycles. The Hall–Kier alpha value is -6.64. The standard InChI is InChI=1S/C51H32O2/c1-51(2)42-20-10-7-19-38(42)48-36-24-25-37-30-13-8-12-22-44(30)53-50(37)40(36)28-41(49(48)51)47-34-17-5-3-15-32(34)46(33-16-4-6-18-35(33)47)29-23-26-45-39(27-29)31-14-9-11-21-43(31)52-45/h3-28H,1-2H3. The van der Waals surface area contributed by atoms with E-state index in [-0.39, 0.29) is 5.41 Å². The van der Waals surface area contributed by atoms with Gasteiger partial charge in [-0.25, -0.2) is 0 Å². The molecule has 0 saturated heterocycles. The first-order chi connectivity index (χ1) is 26.1. The molecule has 0 amide bonds. The van der Waals surface area contributed by atoms with Crippen molar-refractivity contribution in [2.45, 2.75) is 19.3 Å². The van der Waals surface area contributed by atoms with E-state index < -0.39 is 0 Å². The first-order valence-electron chi connectivity index (χ1n) is 18.4. The molecular weight excluding hydrogens is 645 g/mol. The molecule has 0 radical (unpaired) electrons. The lowest BCUT2D eigenvalue weighted by molar-refractivity contribution is 0.662. The minimum absolute atomic E-state index is 0.230. The van der Waals surface area contributed by atoms with E-state index in [2.05, 4.69) is 166 Å². The van der Waals surface area contributed by atoms with Gasteiger partial charge in [0, 0.05) is 32.3 Å².